The molecule has 2 rings (SSSR count). The molecule has 1 aromatic carbocycles. The van der Waals surface area contributed by atoms with E-state index in [-0.39, 0.29) is 5.91 Å². The molecule has 1 heterocycles. The van der Waals surface area contributed by atoms with Crippen LogP contribution in [-0.4, -0.2) is 30.4 Å². The molecule has 1 fully saturated rings. The molecule has 1 aromatic rings. The van der Waals surface area contributed by atoms with Crippen molar-refractivity contribution in [2.24, 2.45) is 5.92 Å². The minimum Gasteiger partial charge on any atom is -0.388 e. The first-order valence-electron chi connectivity index (χ1n) is 6.70. The minimum atomic E-state index is 0.164. The highest BCUT2D eigenvalue weighted by Crippen LogP contribution is 2.23. The lowest BCUT2D eigenvalue weighted by atomic mass is 9.94. The molecule has 1 saturated heterocycles. The van der Waals surface area contributed by atoms with Crippen LogP contribution in [-0.2, 0) is 0 Å². The molecule has 2 unspecified atom stereocenters. The van der Waals surface area contributed by atoms with E-state index < -0.39 is 0 Å². The lowest BCUT2D eigenvalue weighted by Crippen LogP contribution is -2.44. The summed E-state index contributed by atoms with van der Waals surface area (Å²) in [4.78, 5) is 14.5. The topological polar surface area (TPSA) is 32.3 Å². The number of benzene rings is 1. The van der Waals surface area contributed by atoms with Gasteiger partial charge in [-0.25, -0.2) is 0 Å². The fraction of sp³-hybridized carbons (Fsp3) is 0.533. The maximum atomic E-state index is 12.5. The lowest BCUT2D eigenvalue weighted by Gasteiger charge is -2.36. The van der Waals surface area contributed by atoms with Crippen LogP contribution in [0.1, 0.15) is 37.0 Å². The minimum absolute atomic E-state index is 0.164. The molecule has 1 aliphatic heterocycles. The molecule has 3 nitrogen and oxygen atoms in total. The molecular formula is C15H22N2O. The van der Waals surface area contributed by atoms with Crippen LogP contribution in [0.25, 0.3) is 0 Å². The first kappa shape index (κ1) is 12.9. The maximum Gasteiger partial charge on any atom is 0.254 e. The van der Waals surface area contributed by atoms with Gasteiger partial charge in [0.2, 0.25) is 0 Å². The molecule has 18 heavy (non-hydrogen) atoms. The summed E-state index contributed by atoms with van der Waals surface area (Å²) in [5, 5.41) is 3.06. The molecule has 1 amide bonds. The molecule has 0 saturated carbocycles. The van der Waals surface area contributed by atoms with Gasteiger partial charge in [0.1, 0.15) is 0 Å². The molecule has 1 N–H and O–H groups in total. The average molecular weight is 246 g/mol. The monoisotopic (exact) mass is 246 g/mol. The average Bonchev–Trinajstić information content (AvgIpc) is 2.41. The summed E-state index contributed by atoms with van der Waals surface area (Å²) in [6.45, 7) is 5.25. The van der Waals surface area contributed by atoms with Gasteiger partial charge in [0, 0.05) is 30.9 Å². The number of piperidine rings is 1. The van der Waals surface area contributed by atoms with E-state index in [9.17, 15) is 4.79 Å². The standard InChI is InChI=1S/C15H22N2O/c1-11-4-5-12(2)17(10-11)15(18)13-6-8-14(16-3)9-7-13/h6-9,11-12,16H,4-5,10H2,1-3H3. The first-order valence-corrected chi connectivity index (χ1v) is 6.70. The molecule has 0 aliphatic carbocycles. The third kappa shape index (κ3) is 2.66. The lowest BCUT2D eigenvalue weighted by molar-refractivity contribution is 0.0574. The van der Waals surface area contributed by atoms with E-state index in [4.69, 9.17) is 0 Å². The van der Waals surface area contributed by atoms with Crippen molar-refractivity contribution in [3.05, 3.63) is 29.8 Å². The predicted octanol–water partition coefficient (Wildman–Crippen LogP) is 2.99. The van der Waals surface area contributed by atoms with Crippen molar-refractivity contribution >= 4 is 11.6 Å². The Morgan fingerprint density at radius 3 is 2.50 bits per heavy atom. The molecule has 98 valence electrons. The molecule has 0 spiro atoms. The van der Waals surface area contributed by atoms with Crippen molar-refractivity contribution in [2.45, 2.75) is 32.7 Å². The normalized spacial score (nSPS) is 23.8. The van der Waals surface area contributed by atoms with Gasteiger partial charge in [-0.3, -0.25) is 4.79 Å². The number of carbonyl (C=O) groups excluding carboxylic acids is 1. The van der Waals surface area contributed by atoms with Crippen molar-refractivity contribution in [1.82, 2.24) is 4.90 Å². The Morgan fingerprint density at radius 2 is 1.89 bits per heavy atom. The number of likely N-dealkylation sites (tertiary alicyclic amines) is 1. The predicted molar refractivity (Wildman–Crippen MR) is 74.9 cm³/mol. The SMILES string of the molecule is CNc1ccc(C(=O)N2CC(C)CCC2C)cc1. The van der Waals surface area contributed by atoms with E-state index in [0.29, 0.717) is 12.0 Å². The van der Waals surface area contributed by atoms with Crippen LogP contribution in [0.3, 0.4) is 0 Å². The van der Waals surface area contributed by atoms with Gasteiger partial charge in [-0.05, 0) is 49.9 Å². The van der Waals surface area contributed by atoms with Crippen LogP contribution in [0, 0.1) is 5.92 Å². The third-order valence-corrected chi connectivity index (χ3v) is 3.80. The zero-order valence-corrected chi connectivity index (χ0v) is 11.4. The summed E-state index contributed by atoms with van der Waals surface area (Å²) in [5.74, 6) is 0.776. The first-order chi connectivity index (χ1) is 8.61. The highest BCUT2D eigenvalue weighted by Gasteiger charge is 2.27. The van der Waals surface area contributed by atoms with Crippen molar-refractivity contribution in [3.8, 4) is 0 Å². The number of anilines is 1. The molecule has 0 radical (unpaired) electrons. The number of nitrogens with one attached hydrogen (secondary N) is 1. The van der Waals surface area contributed by atoms with Crippen LogP contribution in [0.15, 0.2) is 24.3 Å². The number of hydrogen-bond donors (Lipinski definition) is 1. The summed E-state index contributed by atoms with van der Waals surface area (Å²) in [7, 11) is 1.88. The van der Waals surface area contributed by atoms with Gasteiger partial charge in [0.25, 0.3) is 5.91 Å². The highest BCUT2D eigenvalue weighted by atomic mass is 16.2. The van der Waals surface area contributed by atoms with E-state index in [1.54, 1.807) is 0 Å². The van der Waals surface area contributed by atoms with Crippen LogP contribution in [0.5, 0.6) is 0 Å². The Morgan fingerprint density at radius 1 is 1.22 bits per heavy atom. The summed E-state index contributed by atoms with van der Waals surface area (Å²) < 4.78 is 0. The van der Waals surface area contributed by atoms with E-state index in [2.05, 4.69) is 19.2 Å². The van der Waals surface area contributed by atoms with Crippen LogP contribution >= 0.6 is 0 Å². The Labute approximate surface area is 109 Å². The maximum absolute atomic E-state index is 12.5. The number of carbonyl (C=O) groups is 1. The summed E-state index contributed by atoms with van der Waals surface area (Å²) >= 11 is 0. The number of amides is 1. The third-order valence-electron chi connectivity index (χ3n) is 3.80. The summed E-state index contributed by atoms with van der Waals surface area (Å²) in [5.41, 5.74) is 1.82. The Kier molecular flexibility index (Phi) is 3.90. The van der Waals surface area contributed by atoms with Gasteiger partial charge in [0.05, 0.1) is 0 Å². The van der Waals surface area contributed by atoms with Gasteiger partial charge in [-0.15, -0.1) is 0 Å². The number of nitrogens with zero attached hydrogens (tertiary/aromatic N) is 1. The largest absolute Gasteiger partial charge is 0.388 e. The van der Waals surface area contributed by atoms with Gasteiger partial charge in [-0.1, -0.05) is 6.92 Å². The number of rotatable bonds is 2. The Hall–Kier alpha value is -1.51. The van der Waals surface area contributed by atoms with Gasteiger partial charge in [-0.2, -0.15) is 0 Å². The second kappa shape index (κ2) is 5.42. The summed E-state index contributed by atoms with van der Waals surface area (Å²) in [6.07, 6.45) is 2.34. The van der Waals surface area contributed by atoms with Crippen LogP contribution < -0.4 is 5.32 Å². The molecule has 3 heteroatoms. The fourth-order valence-corrected chi connectivity index (χ4v) is 2.52. The molecule has 0 bridgehead atoms. The molecular weight excluding hydrogens is 224 g/mol. The van der Waals surface area contributed by atoms with E-state index in [1.165, 1.54) is 6.42 Å². The number of hydrogen-bond acceptors (Lipinski definition) is 2. The smallest absolute Gasteiger partial charge is 0.254 e. The Bertz CT molecular complexity index is 413. The van der Waals surface area contributed by atoms with E-state index >= 15 is 0 Å². The zero-order valence-electron chi connectivity index (χ0n) is 11.4. The molecule has 2 atom stereocenters. The Balaban J connectivity index is 2.13. The van der Waals surface area contributed by atoms with Crippen molar-refractivity contribution in [3.63, 3.8) is 0 Å². The van der Waals surface area contributed by atoms with Crippen molar-refractivity contribution in [1.29, 1.82) is 0 Å². The summed E-state index contributed by atoms with van der Waals surface area (Å²) in [6, 6.07) is 8.06. The van der Waals surface area contributed by atoms with Crippen molar-refractivity contribution < 1.29 is 4.79 Å². The highest BCUT2D eigenvalue weighted by molar-refractivity contribution is 5.94. The van der Waals surface area contributed by atoms with E-state index in [1.807, 2.05) is 36.2 Å². The zero-order chi connectivity index (χ0) is 13.1. The molecule has 1 aliphatic rings. The van der Waals surface area contributed by atoms with Crippen LogP contribution in [0.4, 0.5) is 5.69 Å². The van der Waals surface area contributed by atoms with E-state index in [0.717, 1.165) is 24.2 Å². The fourth-order valence-electron chi connectivity index (χ4n) is 2.52. The van der Waals surface area contributed by atoms with Gasteiger partial charge < -0.3 is 10.2 Å². The van der Waals surface area contributed by atoms with Gasteiger partial charge >= 0.3 is 0 Å². The second-order valence-corrected chi connectivity index (χ2v) is 5.32. The molecule has 0 aromatic heterocycles. The van der Waals surface area contributed by atoms with Gasteiger partial charge in [0.15, 0.2) is 0 Å². The van der Waals surface area contributed by atoms with Crippen LogP contribution in [0.2, 0.25) is 0 Å². The second-order valence-electron chi connectivity index (χ2n) is 5.32. The quantitative estimate of drug-likeness (QED) is 0.870. The van der Waals surface area contributed by atoms with Crippen molar-refractivity contribution in [2.75, 3.05) is 18.9 Å².